The van der Waals surface area contributed by atoms with Gasteiger partial charge in [-0.2, -0.15) is 0 Å². The molecule has 3 heterocycles. The smallest absolute Gasteiger partial charge is 0.271 e. The second-order valence-electron chi connectivity index (χ2n) is 9.51. The van der Waals surface area contributed by atoms with Crippen LogP contribution in [0.15, 0.2) is 63.5 Å². The van der Waals surface area contributed by atoms with Gasteiger partial charge in [0.05, 0.1) is 24.3 Å². The third-order valence-electron chi connectivity index (χ3n) is 7.24. The second-order valence-corrected chi connectivity index (χ2v) is 10.5. The summed E-state index contributed by atoms with van der Waals surface area (Å²) in [6.45, 7) is 8.82. The minimum absolute atomic E-state index is 0.123. The van der Waals surface area contributed by atoms with Crippen LogP contribution in [0.5, 0.6) is 5.75 Å². The fraction of sp³-hybridized carbons (Fsp3) is 0.300. The topological polar surface area (TPSA) is 74.8 Å². The van der Waals surface area contributed by atoms with Crippen molar-refractivity contribution in [1.29, 1.82) is 0 Å². The first-order chi connectivity index (χ1) is 18.3. The minimum atomic E-state index is -0.652. The van der Waals surface area contributed by atoms with Gasteiger partial charge < -0.3 is 14.0 Å². The zero-order valence-electron chi connectivity index (χ0n) is 22.5. The van der Waals surface area contributed by atoms with Gasteiger partial charge in [0.1, 0.15) is 5.75 Å². The molecule has 2 aromatic carbocycles. The molecule has 0 N–H and O–H groups in total. The van der Waals surface area contributed by atoms with Crippen molar-refractivity contribution in [2.45, 2.75) is 40.3 Å². The lowest BCUT2D eigenvalue weighted by molar-refractivity contribution is -0.114. The second kappa shape index (κ2) is 10.2. The molecule has 0 radical (unpaired) electrons. The molecular formula is C30H31N3O4S. The van der Waals surface area contributed by atoms with Gasteiger partial charge in [0, 0.05) is 41.9 Å². The van der Waals surface area contributed by atoms with Crippen LogP contribution in [0, 0.1) is 13.8 Å². The number of Topliss-reactive ketones (excluding diaryl/α,β-unsaturated/α-hetero) is 1. The van der Waals surface area contributed by atoms with Crippen molar-refractivity contribution in [2.75, 3.05) is 20.8 Å². The Bertz CT molecular complexity index is 1790. The van der Waals surface area contributed by atoms with E-state index >= 15 is 0 Å². The molecule has 2 aromatic heterocycles. The predicted molar refractivity (Wildman–Crippen MR) is 151 cm³/mol. The van der Waals surface area contributed by atoms with Crippen molar-refractivity contribution in [1.82, 2.24) is 9.13 Å². The number of ketones is 1. The average Bonchev–Trinajstić information content (AvgIpc) is 3.34. The third-order valence-corrected chi connectivity index (χ3v) is 8.23. The van der Waals surface area contributed by atoms with E-state index in [0.717, 1.165) is 39.8 Å². The Hall–Kier alpha value is -3.75. The Labute approximate surface area is 225 Å². The van der Waals surface area contributed by atoms with E-state index in [9.17, 15) is 9.59 Å². The Morgan fingerprint density at radius 2 is 1.89 bits per heavy atom. The number of methoxy groups -OCH3 is 2. The number of hydrogen-bond donors (Lipinski definition) is 0. The number of fused-ring (bicyclic) bond motifs is 2. The molecule has 1 aliphatic heterocycles. The molecule has 4 aromatic rings. The highest BCUT2D eigenvalue weighted by atomic mass is 32.1. The summed E-state index contributed by atoms with van der Waals surface area (Å²) in [5.74, 6) is 0.501. The number of carbonyl (C=O) groups excluding carboxylic acids is 1. The highest BCUT2D eigenvalue weighted by molar-refractivity contribution is 7.07. The quantitative estimate of drug-likeness (QED) is 0.362. The Kier molecular flexibility index (Phi) is 6.94. The Morgan fingerprint density at radius 3 is 2.61 bits per heavy atom. The fourth-order valence-corrected chi connectivity index (χ4v) is 6.46. The summed E-state index contributed by atoms with van der Waals surface area (Å²) in [6.07, 6.45) is 1.93. The molecule has 0 fully saturated rings. The van der Waals surface area contributed by atoms with E-state index in [1.165, 1.54) is 18.3 Å². The van der Waals surface area contributed by atoms with Crippen LogP contribution in [0.1, 0.15) is 42.4 Å². The van der Waals surface area contributed by atoms with Crippen LogP contribution in [0.2, 0.25) is 0 Å². The number of allylic oxidation sites excluding steroid dienone is 2. The molecule has 38 heavy (non-hydrogen) atoms. The average molecular weight is 530 g/mol. The molecule has 196 valence electrons. The van der Waals surface area contributed by atoms with Crippen molar-refractivity contribution >= 4 is 34.0 Å². The number of aromatic nitrogens is 2. The van der Waals surface area contributed by atoms with Gasteiger partial charge in [-0.15, -0.1) is 0 Å². The first-order valence-corrected chi connectivity index (χ1v) is 13.3. The van der Waals surface area contributed by atoms with Crippen molar-refractivity contribution in [3.63, 3.8) is 0 Å². The summed E-state index contributed by atoms with van der Waals surface area (Å²) >= 11 is 1.34. The molecule has 1 aliphatic rings. The number of nitrogens with zero attached hydrogens (tertiary/aromatic N) is 3. The van der Waals surface area contributed by atoms with Crippen LogP contribution >= 0.6 is 11.3 Å². The number of carbonyl (C=O) groups is 1. The summed E-state index contributed by atoms with van der Waals surface area (Å²) in [4.78, 5) is 32.4. The minimum Gasteiger partial charge on any atom is -0.496 e. The summed E-state index contributed by atoms with van der Waals surface area (Å²) < 4.78 is 15.5. The largest absolute Gasteiger partial charge is 0.496 e. The fourth-order valence-electron chi connectivity index (χ4n) is 5.42. The number of rotatable bonds is 7. The lowest BCUT2D eigenvalue weighted by Gasteiger charge is -2.27. The van der Waals surface area contributed by atoms with Crippen LogP contribution in [0.25, 0.3) is 16.8 Å². The highest BCUT2D eigenvalue weighted by Gasteiger charge is 2.33. The van der Waals surface area contributed by atoms with E-state index in [1.807, 2.05) is 56.3 Å². The summed E-state index contributed by atoms with van der Waals surface area (Å²) in [7, 11) is 3.30. The molecule has 8 heteroatoms. The number of thiazole rings is 1. The Morgan fingerprint density at radius 1 is 1.13 bits per heavy atom. The first kappa shape index (κ1) is 25.9. The lowest BCUT2D eigenvalue weighted by Crippen LogP contribution is -2.39. The van der Waals surface area contributed by atoms with Crippen LogP contribution < -0.4 is 19.6 Å². The standard InChI is InChI=1S/C30H31N3O4S/c1-17-15-22(19(3)32(17)13-14-36-5)16-25-29(35)33-28(26(20(4)34)18(2)31-30(33)38-25)27-23-10-8-7-9-21(23)11-12-24(27)37-6/h7-12,15-16,28H,13-14H2,1-6H3/b25-16-/t28-/m1/s1. The molecule has 0 saturated heterocycles. The molecule has 0 saturated carbocycles. The number of aryl methyl sites for hydroxylation is 1. The van der Waals surface area contributed by atoms with E-state index in [1.54, 1.807) is 18.8 Å². The zero-order valence-corrected chi connectivity index (χ0v) is 23.3. The van der Waals surface area contributed by atoms with E-state index in [2.05, 4.69) is 17.6 Å². The molecule has 0 amide bonds. The first-order valence-electron chi connectivity index (χ1n) is 12.5. The monoisotopic (exact) mass is 529 g/mol. The maximum Gasteiger partial charge on any atom is 0.271 e. The summed E-state index contributed by atoms with van der Waals surface area (Å²) in [6, 6.07) is 13.3. The maximum atomic E-state index is 14.1. The van der Waals surface area contributed by atoms with Gasteiger partial charge in [-0.05, 0) is 62.2 Å². The van der Waals surface area contributed by atoms with Crippen molar-refractivity contribution in [3.05, 3.63) is 95.9 Å². The van der Waals surface area contributed by atoms with Crippen molar-refractivity contribution in [3.8, 4) is 5.75 Å². The van der Waals surface area contributed by atoms with Crippen LogP contribution in [-0.4, -0.2) is 35.7 Å². The lowest BCUT2D eigenvalue weighted by atomic mass is 9.89. The summed E-state index contributed by atoms with van der Waals surface area (Å²) in [5.41, 5.74) is 4.87. The molecule has 1 atom stereocenters. The van der Waals surface area contributed by atoms with E-state index < -0.39 is 6.04 Å². The van der Waals surface area contributed by atoms with Crippen molar-refractivity contribution < 1.29 is 14.3 Å². The maximum absolute atomic E-state index is 14.1. The Balaban J connectivity index is 1.79. The molecule has 7 nitrogen and oxygen atoms in total. The molecule has 0 bridgehead atoms. The van der Waals surface area contributed by atoms with Gasteiger partial charge in [0.2, 0.25) is 0 Å². The van der Waals surface area contributed by atoms with Crippen molar-refractivity contribution in [2.24, 2.45) is 4.99 Å². The molecule has 0 aliphatic carbocycles. The predicted octanol–water partition coefficient (Wildman–Crippen LogP) is 4.05. The van der Waals surface area contributed by atoms with E-state index in [4.69, 9.17) is 14.5 Å². The number of hydrogen-bond acceptors (Lipinski definition) is 6. The highest BCUT2D eigenvalue weighted by Crippen LogP contribution is 2.40. The molecule has 0 unspecified atom stereocenters. The van der Waals surface area contributed by atoms with E-state index in [0.29, 0.717) is 33.0 Å². The van der Waals surface area contributed by atoms with Crippen LogP contribution in [0.3, 0.4) is 0 Å². The van der Waals surface area contributed by atoms with Gasteiger partial charge >= 0.3 is 0 Å². The number of ether oxygens (including phenoxy) is 2. The number of benzene rings is 2. The van der Waals surface area contributed by atoms with E-state index in [-0.39, 0.29) is 11.3 Å². The zero-order chi connectivity index (χ0) is 27.1. The normalized spacial score (nSPS) is 15.6. The van der Waals surface area contributed by atoms with Gasteiger partial charge in [-0.1, -0.05) is 41.7 Å². The van der Waals surface area contributed by atoms with Gasteiger partial charge in [-0.25, -0.2) is 4.99 Å². The van der Waals surface area contributed by atoms with Gasteiger partial charge in [0.15, 0.2) is 10.6 Å². The van der Waals surface area contributed by atoms with Gasteiger partial charge in [0.25, 0.3) is 5.56 Å². The molecular weight excluding hydrogens is 498 g/mol. The SMILES string of the molecule is COCCn1c(C)cc(/C=c2\sc3n(c2=O)[C@@H](c2c(OC)ccc4ccccc24)C(C(C)=O)=C(C)N=3)c1C. The molecule has 5 rings (SSSR count). The molecule has 0 spiro atoms. The van der Waals surface area contributed by atoms with Crippen LogP contribution in [-0.2, 0) is 16.1 Å². The summed E-state index contributed by atoms with van der Waals surface area (Å²) in [5, 5.41) is 1.94. The van der Waals surface area contributed by atoms with Gasteiger partial charge in [-0.3, -0.25) is 14.2 Å². The van der Waals surface area contributed by atoms with Crippen LogP contribution in [0.4, 0.5) is 0 Å². The third kappa shape index (κ3) is 4.23.